The predicted molar refractivity (Wildman–Crippen MR) is 86.0 cm³/mol. The van der Waals surface area contributed by atoms with Crippen molar-refractivity contribution in [3.63, 3.8) is 0 Å². The van der Waals surface area contributed by atoms with Crippen LogP contribution >= 0.6 is 7.60 Å². The number of nitrogens with zero attached hydrogens (tertiary/aromatic N) is 1. The first-order valence-electron chi connectivity index (χ1n) is 7.82. The molecular formula is C16H24NO4P. The van der Waals surface area contributed by atoms with Gasteiger partial charge in [0.05, 0.1) is 13.2 Å². The fourth-order valence-corrected chi connectivity index (χ4v) is 4.74. The van der Waals surface area contributed by atoms with Crippen molar-refractivity contribution in [2.75, 3.05) is 26.3 Å². The van der Waals surface area contributed by atoms with E-state index in [9.17, 15) is 9.36 Å². The van der Waals surface area contributed by atoms with Crippen LogP contribution in [0.2, 0.25) is 0 Å². The van der Waals surface area contributed by atoms with Gasteiger partial charge in [0.1, 0.15) is 5.66 Å². The van der Waals surface area contributed by atoms with Crippen molar-refractivity contribution in [2.45, 2.75) is 32.3 Å². The second-order valence-corrected chi connectivity index (χ2v) is 7.46. The summed E-state index contributed by atoms with van der Waals surface area (Å²) in [5.41, 5.74) is 0.541. The summed E-state index contributed by atoms with van der Waals surface area (Å²) in [6.45, 7) is 5.34. The highest BCUT2D eigenvalue weighted by molar-refractivity contribution is 7.55. The van der Waals surface area contributed by atoms with Crippen molar-refractivity contribution in [1.82, 2.24) is 4.90 Å². The van der Waals surface area contributed by atoms with Crippen molar-refractivity contribution in [3.8, 4) is 0 Å². The van der Waals surface area contributed by atoms with Crippen molar-refractivity contribution >= 4 is 13.5 Å². The minimum atomic E-state index is -3.35. The zero-order valence-corrected chi connectivity index (χ0v) is 14.1. The number of likely N-dealkylation sites (tertiary alicyclic amines) is 1. The predicted octanol–water partition coefficient (Wildman–Crippen LogP) is 3.10. The highest BCUT2D eigenvalue weighted by Gasteiger charge is 2.46. The second-order valence-electron chi connectivity index (χ2n) is 5.24. The van der Waals surface area contributed by atoms with E-state index in [0.29, 0.717) is 19.5 Å². The molecule has 1 heterocycles. The van der Waals surface area contributed by atoms with Crippen LogP contribution in [0.3, 0.4) is 0 Å². The zero-order valence-electron chi connectivity index (χ0n) is 13.2. The third-order valence-electron chi connectivity index (χ3n) is 3.78. The molecule has 0 radical (unpaired) electrons. The molecule has 6 heteroatoms. The Balaban J connectivity index is 1.98. The lowest BCUT2D eigenvalue weighted by Crippen LogP contribution is -2.32. The molecule has 0 spiro atoms. The molecule has 5 nitrogen and oxygen atoms in total. The fraction of sp³-hybridized carbons (Fsp3) is 0.562. The van der Waals surface area contributed by atoms with Gasteiger partial charge in [-0.15, -0.1) is 0 Å². The first-order valence-corrected chi connectivity index (χ1v) is 9.43. The summed E-state index contributed by atoms with van der Waals surface area (Å²) in [5.74, 6) is -0.110. The van der Waals surface area contributed by atoms with Crippen LogP contribution in [0.25, 0.3) is 0 Å². The number of carbonyl (C=O) groups is 1. The van der Waals surface area contributed by atoms with Crippen LogP contribution in [0.15, 0.2) is 30.3 Å². The lowest BCUT2D eigenvalue weighted by Gasteiger charge is -2.22. The number of benzene rings is 1. The third kappa shape index (κ3) is 3.97. The van der Waals surface area contributed by atoms with E-state index in [1.54, 1.807) is 18.7 Å². The molecule has 0 saturated carbocycles. The van der Waals surface area contributed by atoms with Gasteiger partial charge in [0.15, 0.2) is 0 Å². The number of hydrogen-bond acceptors (Lipinski definition) is 4. The highest BCUT2D eigenvalue weighted by atomic mass is 31.2. The lowest BCUT2D eigenvalue weighted by molar-refractivity contribution is -0.127. The summed E-state index contributed by atoms with van der Waals surface area (Å²) in [6.07, 6.45) is 1.33. The van der Waals surface area contributed by atoms with Gasteiger partial charge in [0, 0.05) is 13.1 Å². The maximum atomic E-state index is 12.8. The molecule has 1 fully saturated rings. The van der Waals surface area contributed by atoms with Crippen LogP contribution in [0, 0.1) is 0 Å². The zero-order chi connectivity index (χ0) is 16.0. The van der Waals surface area contributed by atoms with Crippen LogP contribution < -0.4 is 0 Å². The fourth-order valence-electron chi connectivity index (χ4n) is 2.72. The second kappa shape index (κ2) is 7.91. The Hall–Kier alpha value is -1.16. The minimum Gasteiger partial charge on any atom is -0.342 e. The van der Waals surface area contributed by atoms with Crippen molar-refractivity contribution in [3.05, 3.63) is 35.9 Å². The van der Waals surface area contributed by atoms with Gasteiger partial charge in [0.2, 0.25) is 5.91 Å². The molecule has 1 aliphatic rings. The van der Waals surface area contributed by atoms with Crippen LogP contribution in [0.1, 0.15) is 25.8 Å². The summed E-state index contributed by atoms with van der Waals surface area (Å²) in [7, 11) is -3.35. The quantitative estimate of drug-likeness (QED) is 0.689. The molecule has 0 bridgehead atoms. The summed E-state index contributed by atoms with van der Waals surface area (Å²) in [4.78, 5) is 14.3. The average Bonchev–Trinajstić information content (AvgIpc) is 2.88. The molecule has 0 aromatic heterocycles. The molecule has 0 N–H and O–H groups in total. The van der Waals surface area contributed by atoms with E-state index < -0.39 is 13.3 Å². The van der Waals surface area contributed by atoms with Crippen LogP contribution in [0.5, 0.6) is 0 Å². The van der Waals surface area contributed by atoms with E-state index in [4.69, 9.17) is 9.05 Å². The van der Waals surface area contributed by atoms with E-state index in [1.807, 2.05) is 30.3 Å². The monoisotopic (exact) mass is 325 g/mol. The molecular weight excluding hydrogens is 301 g/mol. The van der Waals surface area contributed by atoms with Crippen molar-refractivity contribution in [2.24, 2.45) is 0 Å². The van der Waals surface area contributed by atoms with Crippen LogP contribution in [-0.4, -0.2) is 42.8 Å². The number of hydrogen-bond donors (Lipinski definition) is 0. The van der Waals surface area contributed by atoms with Crippen LogP contribution in [-0.2, 0) is 24.8 Å². The Morgan fingerprint density at radius 2 is 1.82 bits per heavy atom. The smallest absolute Gasteiger partial charge is 0.342 e. The normalized spacial score (nSPS) is 18.9. The van der Waals surface area contributed by atoms with E-state index in [0.717, 1.165) is 6.42 Å². The maximum Gasteiger partial charge on any atom is 0.343 e. The molecule has 22 heavy (non-hydrogen) atoms. The molecule has 1 atom stereocenters. The lowest BCUT2D eigenvalue weighted by atomic mass is 10.1. The molecule has 1 unspecified atom stereocenters. The maximum absolute atomic E-state index is 12.8. The van der Waals surface area contributed by atoms with Gasteiger partial charge in [-0.2, -0.15) is 0 Å². The topological polar surface area (TPSA) is 55.8 Å². The Labute approximate surface area is 132 Å². The van der Waals surface area contributed by atoms with E-state index in [2.05, 4.69) is 0 Å². The third-order valence-corrected chi connectivity index (χ3v) is 6.26. The summed E-state index contributed by atoms with van der Waals surface area (Å²) in [5, 5.41) is 0. The number of rotatable bonds is 8. The highest BCUT2D eigenvalue weighted by Crippen LogP contribution is 2.56. The number of carbonyl (C=O) groups excluding carboxylic acids is 1. The van der Waals surface area contributed by atoms with E-state index >= 15 is 0 Å². The Bertz CT molecular complexity index is 524. The van der Waals surface area contributed by atoms with Gasteiger partial charge in [0.25, 0.3) is 0 Å². The van der Waals surface area contributed by atoms with Crippen LogP contribution in [0.4, 0.5) is 0 Å². The average molecular weight is 325 g/mol. The molecule has 1 aliphatic heterocycles. The first-order chi connectivity index (χ1) is 10.6. The Kier molecular flexibility index (Phi) is 6.18. The molecule has 122 valence electrons. The molecule has 1 aromatic rings. The van der Waals surface area contributed by atoms with Crippen molar-refractivity contribution < 1.29 is 18.4 Å². The molecule has 0 aliphatic carbocycles. The molecule has 2 rings (SSSR count). The van der Waals surface area contributed by atoms with Gasteiger partial charge in [-0.1, -0.05) is 30.3 Å². The largest absolute Gasteiger partial charge is 0.343 e. The molecule has 1 saturated heterocycles. The standard InChI is InChI=1S/C16H24NO4P/c1-3-20-22(19,21-4-2)15-11-13-17(16(15)18)12-10-14-8-6-5-7-9-14/h5-9,15H,3-4,10-13H2,1-2H3. The minimum absolute atomic E-state index is 0.110. The van der Waals surface area contributed by atoms with E-state index in [1.165, 1.54) is 5.56 Å². The van der Waals surface area contributed by atoms with E-state index in [-0.39, 0.29) is 19.1 Å². The summed E-state index contributed by atoms with van der Waals surface area (Å²) < 4.78 is 23.4. The first kappa shape index (κ1) is 17.2. The molecule has 1 amide bonds. The van der Waals surface area contributed by atoms with Gasteiger partial charge < -0.3 is 13.9 Å². The number of amides is 1. The van der Waals surface area contributed by atoms with Gasteiger partial charge >= 0.3 is 7.60 Å². The van der Waals surface area contributed by atoms with Gasteiger partial charge in [-0.25, -0.2) is 0 Å². The van der Waals surface area contributed by atoms with Gasteiger partial charge in [-0.3, -0.25) is 9.36 Å². The SMILES string of the molecule is CCOP(=O)(OCC)C1CCN(CCc2ccccc2)C1=O. The van der Waals surface area contributed by atoms with Gasteiger partial charge in [-0.05, 0) is 32.3 Å². The molecule has 1 aromatic carbocycles. The Morgan fingerprint density at radius 3 is 2.41 bits per heavy atom. The summed E-state index contributed by atoms with van der Waals surface area (Å²) in [6, 6.07) is 10.0. The summed E-state index contributed by atoms with van der Waals surface area (Å²) >= 11 is 0. The Morgan fingerprint density at radius 1 is 1.18 bits per heavy atom. The van der Waals surface area contributed by atoms with Crippen molar-refractivity contribution in [1.29, 1.82) is 0 Å².